The van der Waals surface area contributed by atoms with Crippen LogP contribution in [0.15, 0.2) is 84.9 Å². The molecule has 0 bridgehead atoms. The SMILES string of the molecule is O=C(COc1ccccc1)Nc1ccc(N2CCN(c3ccccc3)CC2)cc1. The molecule has 1 N–H and O–H groups in total. The van der Waals surface area contributed by atoms with Crippen molar-refractivity contribution in [3.8, 4) is 5.75 Å². The van der Waals surface area contributed by atoms with Gasteiger partial charge in [0.25, 0.3) is 5.91 Å². The molecule has 4 rings (SSSR count). The Kier molecular flexibility index (Phi) is 5.95. The number of para-hydroxylation sites is 2. The van der Waals surface area contributed by atoms with Crippen LogP contribution in [0.25, 0.3) is 0 Å². The Morgan fingerprint density at radius 2 is 1.24 bits per heavy atom. The fraction of sp³-hybridized carbons (Fsp3) is 0.208. The van der Waals surface area contributed by atoms with Crippen LogP contribution in [0.1, 0.15) is 0 Å². The first-order valence-electron chi connectivity index (χ1n) is 9.91. The Morgan fingerprint density at radius 3 is 1.83 bits per heavy atom. The van der Waals surface area contributed by atoms with E-state index in [2.05, 4.69) is 51.5 Å². The second-order valence-corrected chi connectivity index (χ2v) is 7.01. The maximum absolute atomic E-state index is 12.1. The van der Waals surface area contributed by atoms with Gasteiger partial charge >= 0.3 is 0 Å². The summed E-state index contributed by atoms with van der Waals surface area (Å²) in [7, 11) is 0. The van der Waals surface area contributed by atoms with Crippen LogP contribution >= 0.6 is 0 Å². The second-order valence-electron chi connectivity index (χ2n) is 7.01. The molecule has 5 nitrogen and oxygen atoms in total. The molecule has 3 aromatic carbocycles. The maximum Gasteiger partial charge on any atom is 0.262 e. The number of hydrogen-bond donors (Lipinski definition) is 1. The van der Waals surface area contributed by atoms with Crippen molar-refractivity contribution in [1.29, 1.82) is 0 Å². The summed E-state index contributed by atoms with van der Waals surface area (Å²) in [6, 6.07) is 27.9. The summed E-state index contributed by atoms with van der Waals surface area (Å²) in [5.74, 6) is 0.519. The third kappa shape index (κ3) is 5.08. The molecule has 148 valence electrons. The molecule has 0 radical (unpaired) electrons. The van der Waals surface area contributed by atoms with Gasteiger partial charge in [-0.3, -0.25) is 4.79 Å². The van der Waals surface area contributed by atoms with Crippen molar-refractivity contribution in [3.05, 3.63) is 84.9 Å². The minimum absolute atomic E-state index is 0.00674. The number of anilines is 3. The molecule has 5 heteroatoms. The van der Waals surface area contributed by atoms with Crippen molar-refractivity contribution in [2.24, 2.45) is 0 Å². The van der Waals surface area contributed by atoms with Gasteiger partial charge < -0.3 is 19.9 Å². The number of amides is 1. The predicted molar refractivity (Wildman–Crippen MR) is 118 cm³/mol. The number of rotatable bonds is 6. The van der Waals surface area contributed by atoms with Gasteiger partial charge in [0.15, 0.2) is 6.61 Å². The lowest BCUT2D eigenvalue weighted by Crippen LogP contribution is -2.46. The third-order valence-electron chi connectivity index (χ3n) is 5.03. The average molecular weight is 387 g/mol. The van der Waals surface area contributed by atoms with Crippen LogP contribution in [0.4, 0.5) is 17.1 Å². The molecule has 1 saturated heterocycles. The number of carbonyl (C=O) groups is 1. The van der Waals surface area contributed by atoms with E-state index in [1.807, 2.05) is 48.5 Å². The highest BCUT2D eigenvalue weighted by Gasteiger charge is 2.17. The average Bonchev–Trinajstić information content (AvgIpc) is 2.80. The van der Waals surface area contributed by atoms with Crippen molar-refractivity contribution in [2.45, 2.75) is 0 Å². The Hall–Kier alpha value is -3.47. The van der Waals surface area contributed by atoms with Crippen LogP contribution in [0.5, 0.6) is 5.75 Å². The van der Waals surface area contributed by atoms with Gasteiger partial charge in [0.2, 0.25) is 0 Å². The van der Waals surface area contributed by atoms with Crippen molar-refractivity contribution >= 4 is 23.0 Å². The van der Waals surface area contributed by atoms with Crippen molar-refractivity contribution < 1.29 is 9.53 Å². The molecule has 0 atom stereocenters. The molecule has 0 aliphatic carbocycles. The Balaban J connectivity index is 1.26. The normalized spacial score (nSPS) is 13.8. The first kappa shape index (κ1) is 18.9. The fourth-order valence-corrected chi connectivity index (χ4v) is 3.48. The summed E-state index contributed by atoms with van der Waals surface area (Å²) in [6.07, 6.45) is 0. The predicted octanol–water partition coefficient (Wildman–Crippen LogP) is 4.03. The zero-order valence-electron chi connectivity index (χ0n) is 16.3. The van der Waals surface area contributed by atoms with E-state index < -0.39 is 0 Å². The number of benzene rings is 3. The van der Waals surface area contributed by atoms with Crippen LogP contribution < -0.4 is 19.9 Å². The molecule has 1 fully saturated rings. The summed E-state index contributed by atoms with van der Waals surface area (Å²) in [5, 5.41) is 2.88. The van der Waals surface area contributed by atoms with Crippen molar-refractivity contribution in [2.75, 3.05) is 47.9 Å². The second kappa shape index (κ2) is 9.15. The highest BCUT2D eigenvalue weighted by molar-refractivity contribution is 5.92. The van der Waals surface area contributed by atoms with E-state index >= 15 is 0 Å². The van der Waals surface area contributed by atoms with Gasteiger partial charge in [0.1, 0.15) is 5.75 Å². The van der Waals surface area contributed by atoms with Crippen LogP contribution in [-0.2, 0) is 4.79 Å². The number of hydrogen-bond acceptors (Lipinski definition) is 4. The van der Waals surface area contributed by atoms with E-state index in [0.29, 0.717) is 5.75 Å². The smallest absolute Gasteiger partial charge is 0.262 e. The van der Waals surface area contributed by atoms with E-state index in [4.69, 9.17) is 4.74 Å². The lowest BCUT2D eigenvalue weighted by atomic mass is 10.2. The van der Waals surface area contributed by atoms with E-state index in [9.17, 15) is 4.79 Å². The molecule has 1 heterocycles. The Morgan fingerprint density at radius 1 is 0.724 bits per heavy atom. The zero-order chi connectivity index (χ0) is 19.9. The number of nitrogens with one attached hydrogen (secondary N) is 1. The first-order valence-corrected chi connectivity index (χ1v) is 9.91. The van der Waals surface area contributed by atoms with Gasteiger partial charge in [0, 0.05) is 43.2 Å². The summed E-state index contributed by atoms with van der Waals surface area (Å²) in [6.45, 7) is 3.95. The molecule has 1 aliphatic rings. The number of piperazine rings is 1. The molecule has 0 saturated carbocycles. The van der Waals surface area contributed by atoms with Crippen LogP contribution in [0, 0.1) is 0 Å². The number of ether oxygens (including phenoxy) is 1. The monoisotopic (exact) mass is 387 g/mol. The highest BCUT2D eigenvalue weighted by atomic mass is 16.5. The van der Waals surface area contributed by atoms with Gasteiger partial charge in [-0.1, -0.05) is 36.4 Å². The van der Waals surface area contributed by atoms with Crippen molar-refractivity contribution in [1.82, 2.24) is 0 Å². The summed E-state index contributed by atoms with van der Waals surface area (Å²) in [5.41, 5.74) is 3.23. The standard InChI is InChI=1S/C24H25N3O2/c28-24(19-29-23-9-5-2-6-10-23)25-20-11-13-22(14-12-20)27-17-15-26(16-18-27)21-7-3-1-4-8-21/h1-14H,15-19H2,(H,25,28). The minimum atomic E-state index is -0.168. The zero-order valence-corrected chi connectivity index (χ0v) is 16.3. The number of carbonyl (C=O) groups excluding carboxylic acids is 1. The van der Waals surface area contributed by atoms with E-state index in [1.165, 1.54) is 11.4 Å². The Bertz CT molecular complexity index is 906. The highest BCUT2D eigenvalue weighted by Crippen LogP contribution is 2.22. The molecule has 0 unspecified atom stereocenters. The molecular weight excluding hydrogens is 362 g/mol. The fourth-order valence-electron chi connectivity index (χ4n) is 3.48. The van der Waals surface area contributed by atoms with Gasteiger partial charge in [-0.2, -0.15) is 0 Å². The summed E-state index contributed by atoms with van der Waals surface area (Å²) < 4.78 is 5.48. The third-order valence-corrected chi connectivity index (χ3v) is 5.03. The molecule has 1 aliphatic heterocycles. The largest absolute Gasteiger partial charge is 0.484 e. The van der Waals surface area contributed by atoms with E-state index in [0.717, 1.165) is 31.9 Å². The minimum Gasteiger partial charge on any atom is -0.484 e. The molecular formula is C24H25N3O2. The lowest BCUT2D eigenvalue weighted by molar-refractivity contribution is -0.118. The summed E-state index contributed by atoms with van der Waals surface area (Å²) >= 11 is 0. The quantitative estimate of drug-likeness (QED) is 0.694. The van der Waals surface area contributed by atoms with Crippen LogP contribution in [0.3, 0.4) is 0 Å². The molecule has 1 amide bonds. The summed E-state index contributed by atoms with van der Waals surface area (Å²) in [4.78, 5) is 16.9. The van der Waals surface area contributed by atoms with Gasteiger partial charge in [-0.25, -0.2) is 0 Å². The van der Waals surface area contributed by atoms with Gasteiger partial charge in [-0.05, 0) is 48.5 Å². The molecule has 0 aromatic heterocycles. The van der Waals surface area contributed by atoms with Gasteiger partial charge in [-0.15, -0.1) is 0 Å². The van der Waals surface area contributed by atoms with Gasteiger partial charge in [0.05, 0.1) is 0 Å². The lowest BCUT2D eigenvalue weighted by Gasteiger charge is -2.37. The van der Waals surface area contributed by atoms with Crippen molar-refractivity contribution in [3.63, 3.8) is 0 Å². The van der Waals surface area contributed by atoms with E-state index in [1.54, 1.807) is 0 Å². The molecule has 0 spiro atoms. The van der Waals surface area contributed by atoms with Crippen LogP contribution in [-0.4, -0.2) is 38.7 Å². The molecule has 29 heavy (non-hydrogen) atoms. The Labute approximate surface area is 171 Å². The van der Waals surface area contributed by atoms with Crippen LogP contribution in [0.2, 0.25) is 0 Å². The number of nitrogens with zero attached hydrogens (tertiary/aromatic N) is 2. The van der Waals surface area contributed by atoms with E-state index in [-0.39, 0.29) is 12.5 Å². The molecule has 3 aromatic rings. The maximum atomic E-state index is 12.1. The topological polar surface area (TPSA) is 44.8 Å². The first-order chi connectivity index (χ1) is 14.3.